The van der Waals surface area contributed by atoms with E-state index < -0.39 is 0 Å². The molecule has 0 N–H and O–H groups in total. The Morgan fingerprint density at radius 1 is 0.361 bits per heavy atom. The minimum absolute atomic E-state index is 0.0426. The van der Waals surface area contributed by atoms with Crippen LogP contribution in [0, 0.1) is 0 Å². The van der Waals surface area contributed by atoms with Crippen LogP contribution >= 0.6 is 0 Å². The summed E-state index contributed by atoms with van der Waals surface area (Å²) >= 11 is 0. The predicted octanol–water partition coefficient (Wildman–Crippen LogP) is 16.6. The van der Waals surface area contributed by atoms with Crippen LogP contribution in [0.15, 0.2) is 200 Å². The third-order valence-electron chi connectivity index (χ3n) is 12.2. The highest BCUT2D eigenvalue weighted by atomic mass is 15.2. The van der Waals surface area contributed by atoms with Gasteiger partial charge in [0, 0.05) is 50.0 Å². The molecule has 3 nitrogen and oxygen atoms in total. The van der Waals surface area contributed by atoms with E-state index in [1.165, 1.54) is 49.1 Å². The fraction of sp³-hybridized carbons (Fsp3) is 0.138. The molecule has 1 heterocycles. The zero-order chi connectivity index (χ0) is 41.9. The molecular formula is C58H51N3. The van der Waals surface area contributed by atoms with E-state index in [4.69, 9.17) is 0 Å². The van der Waals surface area contributed by atoms with Crippen molar-refractivity contribution in [1.29, 1.82) is 0 Å². The molecular weight excluding hydrogens is 739 g/mol. The molecule has 10 rings (SSSR count). The number of anilines is 6. The molecule has 0 saturated heterocycles. The van der Waals surface area contributed by atoms with Gasteiger partial charge in [-0.1, -0.05) is 169 Å². The van der Waals surface area contributed by atoms with Gasteiger partial charge in [0.2, 0.25) is 0 Å². The summed E-state index contributed by atoms with van der Waals surface area (Å²) in [6.07, 6.45) is 0. The van der Waals surface area contributed by atoms with Crippen molar-refractivity contribution in [2.75, 3.05) is 9.80 Å². The Hall–Kier alpha value is -7.10. The molecule has 3 heteroatoms. The number of rotatable bonds is 7. The SMILES string of the molecule is CC(C)(C)c1ccc(N(c2ccccc2)c2cc(-n3c4ccccc4c4c(N(c5ccccc5)c5ccc(C(C)(C)C)cc5)c5ccccc5cc43)cc3ccccc23)cc1. The smallest absolute Gasteiger partial charge is 0.0640 e. The highest BCUT2D eigenvalue weighted by molar-refractivity contribution is 6.24. The van der Waals surface area contributed by atoms with E-state index in [0.29, 0.717) is 0 Å². The van der Waals surface area contributed by atoms with E-state index in [0.717, 1.165) is 45.2 Å². The maximum absolute atomic E-state index is 2.49. The normalized spacial score (nSPS) is 12.1. The molecule has 0 spiro atoms. The zero-order valence-electron chi connectivity index (χ0n) is 35.9. The number of nitrogens with zero attached hydrogens (tertiary/aromatic N) is 3. The van der Waals surface area contributed by atoms with E-state index in [1.54, 1.807) is 0 Å². The van der Waals surface area contributed by atoms with Gasteiger partial charge in [-0.05, 0) is 106 Å². The van der Waals surface area contributed by atoms with E-state index in [9.17, 15) is 0 Å². The lowest BCUT2D eigenvalue weighted by atomic mass is 9.87. The second-order valence-corrected chi connectivity index (χ2v) is 18.3. The maximum Gasteiger partial charge on any atom is 0.0640 e. The summed E-state index contributed by atoms with van der Waals surface area (Å²) in [6, 6.07) is 73.7. The molecule has 0 aliphatic carbocycles. The summed E-state index contributed by atoms with van der Waals surface area (Å²) in [7, 11) is 0. The summed E-state index contributed by atoms with van der Waals surface area (Å²) in [5, 5.41) is 7.18. The van der Waals surface area contributed by atoms with Crippen molar-refractivity contribution in [2.24, 2.45) is 0 Å². The van der Waals surface area contributed by atoms with Gasteiger partial charge in [-0.15, -0.1) is 0 Å². The standard InChI is InChI=1S/C58H51N3/c1-57(2,3)42-29-33-46(34-30-42)59(44-21-9-7-10-22-44)53-39-48(37-40-19-13-15-25-49(40)53)61-52-28-18-17-27-51(52)55-54(61)38-41-20-14-16-26-50(41)56(55)60(45-23-11-8-12-24-45)47-35-31-43(32-36-47)58(4,5)6/h7-39H,1-6H3. The molecule has 0 atom stereocenters. The third-order valence-corrected chi connectivity index (χ3v) is 12.2. The van der Waals surface area contributed by atoms with Crippen LogP contribution in [0.3, 0.4) is 0 Å². The van der Waals surface area contributed by atoms with Crippen molar-refractivity contribution >= 4 is 77.5 Å². The quantitative estimate of drug-likeness (QED) is 0.159. The second-order valence-electron chi connectivity index (χ2n) is 18.3. The number of hydrogen-bond donors (Lipinski definition) is 0. The van der Waals surface area contributed by atoms with Gasteiger partial charge in [-0.3, -0.25) is 0 Å². The van der Waals surface area contributed by atoms with E-state index >= 15 is 0 Å². The lowest BCUT2D eigenvalue weighted by Crippen LogP contribution is -2.14. The minimum Gasteiger partial charge on any atom is -0.310 e. The van der Waals surface area contributed by atoms with Crippen LogP contribution in [0.2, 0.25) is 0 Å². The Morgan fingerprint density at radius 2 is 0.803 bits per heavy atom. The predicted molar refractivity (Wildman–Crippen MR) is 263 cm³/mol. The van der Waals surface area contributed by atoms with E-state index in [2.05, 4.69) is 256 Å². The van der Waals surface area contributed by atoms with Crippen LogP contribution in [0.5, 0.6) is 0 Å². The molecule has 0 unspecified atom stereocenters. The van der Waals surface area contributed by atoms with E-state index in [-0.39, 0.29) is 10.8 Å². The van der Waals surface area contributed by atoms with Crippen LogP contribution in [0.4, 0.5) is 34.1 Å². The van der Waals surface area contributed by atoms with Gasteiger partial charge in [0.1, 0.15) is 0 Å². The maximum atomic E-state index is 2.49. The van der Waals surface area contributed by atoms with Gasteiger partial charge < -0.3 is 14.4 Å². The Bertz CT molecular complexity index is 3180. The highest BCUT2D eigenvalue weighted by Gasteiger charge is 2.26. The molecule has 9 aromatic carbocycles. The summed E-state index contributed by atoms with van der Waals surface area (Å²) in [5.41, 5.74) is 12.9. The number of fused-ring (bicyclic) bond motifs is 5. The molecule has 0 bridgehead atoms. The van der Waals surface area contributed by atoms with Gasteiger partial charge in [0.05, 0.1) is 22.4 Å². The molecule has 0 fully saturated rings. The summed E-state index contributed by atoms with van der Waals surface area (Å²) in [5.74, 6) is 0. The largest absolute Gasteiger partial charge is 0.310 e. The fourth-order valence-electron chi connectivity index (χ4n) is 9.07. The van der Waals surface area contributed by atoms with Gasteiger partial charge in [0.15, 0.2) is 0 Å². The molecule has 0 aliphatic rings. The van der Waals surface area contributed by atoms with Gasteiger partial charge >= 0.3 is 0 Å². The number of benzene rings is 9. The fourth-order valence-corrected chi connectivity index (χ4v) is 9.07. The lowest BCUT2D eigenvalue weighted by Gasteiger charge is -2.29. The third kappa shape index (κ3) is 6.81. The summed E-state index contributed by atoms with van der Waals surface area (Å²) in [6.45, 7) is 13.7. The van der Waals surface area contributed by atoms with Crippen LogP contribution in [-0.2, 0) is 10.8 Å². The molecule has 0 saturated carbocycles. The Kier molecular flexibility index (Phi) is 9.29. The first kappa shape index (κ1) is 38.1. The molecule has 0 amide bonds. The van der Waals surface area contributed by atoms with Crippen molar-refractivity contribution < 1.29 is 0 Å². The van der Waals surface area contributed by atoms with E-state index in [1.807, 2.05) is 0 Å². The Labute approximate surface area is 359 Å². The molecule has 0 aliphatic heterocycles. The van der Waals surface area contributed by atoms with Crippen LogP contribution in [0.1, 0.15) is 52.7 Å². The first-order chi connectivity index (χ1) is 29.5. The van der Waals surface area contributed by atoms with Crippen LogP contribution in [0.25, 0.3) is 49.0 Å². The Morgan fingerprint density at radius 3 is 1.38 bits per heavy atom. The monoisotopic (exact) mass is 789 g/mol. The minimum atomic E-state index is 0.0426. The van der Waals surface area contributed by atoms with Gasteiger partial charge in [-0.2, -0.15) is 0 Å². The molecule has 1 aromatic heterocycles. The average Bonchev–Trinajstić information content (AvgIpc) is 3.60. The number of aromatic nitrogens is 1. The highest BCUT2D eigenvalue weighted by Crippen LogP contribution is 2.49. The second kappa shape index (κ2) is 14.9. The molecule has 61 heavy (non-hydrogen) atoms. The number of para-hydroxylation sites is 3. The first-order valence-electron chi connectivity index (χ1n) is 21.4. The van der Waals surface area contributed by atoms with Crippen LogP contribution in [-0.4, -0.2) is 4.57 Å². The van der Waals surface area contributed by atoms with Gasteiger partial charge in [-0.25, -0.2) is 0 Å². The summed E-state index contributed by atoms with van der Waals surface area (Å²) < 4.78 is 2.49. The van der Waals surface area contributed by atoms with Crippen molar-refractivity contribution in [2.45, 2.75) is 52.4 Å². The Balaban J connectivity index is 1.29. The number of hydrogen-bond acceptors (Lipinski definition) is 2. The van der Waals surface area contributed by atoms with Gasteiger partial charge in [0.25, 0.3) is 0 Å². The average molecular weight is 790 g/mol. The van der Waals surface area contributed by atoms with Crippen molar-refractivity contribution in [3.8, 4) is 5.69 Å². The summed E-state index contributed by atoms with van der Waals surface area (Å²) in [4.78, 5) is 4.89. The topological polar surface area (TPSA) is 11.4 Å². The van der Waals surface area contributed by atoms with Crippen molar-refractivity contribution in [1.82, 2.24) is 4.57 Å². The van der Waals surface area contributed by atoms with Crippen LogP contribution < -0.4 is 9.80 Å². The first-order valence-corrected chi connectivity index (χ1v) is 21.4. The molecule has 10 aromatic rings. The van der Waals surface area contributed by atoms with Crippen molar-refractivity contribution in [3.05, 3.63) is 211 Å². The zero-order valence-corrected chi connectivity index (χ0v) is 35.9. The molecule has 298 valence electrons. The van der Waals surface area contributed by atoms with Crippen molar-refractivity contribution in [3.63, 3.8) is 0 Å². The molecule has 0 radical (unpaired) electrons. The lowest BCUT2D eigenvalue weighted by molar-refractivity contribution is 0.590.